The van der Waals surface area contributed by atoms with E-state index in [0.29, 0.717) is 12.1 Å². The van der Waals surface area contributed by atoms with E-state index in [2.05, 4.69) is 12.2 Å². The molecule has 1 amide bonds. The highest BCUT2D eigenvalue weighted by molar-refractivity contribution is 5.97. The predicted molar refractivity (Wildman–Crippen MR) is 105 cm³/mol. The Balaban J connectivity index is 1.95. The van der Waals surface area contributed by atoms with Crippen LogP contribution < -0.4 is 5.32 Å². The molecule has 1 rings (SSSR count). The van der Waals surface area contributed by atoms with Crippen LogP contribution in [0.1, 0.15) is 94.3 Å². The largest absolute Gasteiger partial charge is 0.356 e. The number of nitrogens with one attached hydrogen (secondary N) is 1. The molecule has 1 N–H and O–H groups in total. The summed E-state index contributed by atoms with van der Waals surface area (Å²) in [4.78, 5) is 23.7. The molecule has 0 saturated carbocycles. The first-order valence-electron chi connectivity index (χ1n) is 10.2. The zero-order valence-corrected chi connectivity index (χ0v) is 16.2. The maximum Gasteiger partial charge on any atom is 0.220 e. The number of hydrogen-bond acceptors (Lipinski definition) is 2. The van der Waals surface area contributed by atoms with Gasteiger partial charge in [0.2, 0.25) is 5.91 Å². The summed E-state index contributed by atoms with van der Waals surface area (Å²) in [5, 5.41) is 2.87. The van der Waals surface area contributed by atoms with Crippen molar-refractivity contribution in [3.8, 4) is 0 Å². The van der Waals surface area contributed by atoms with E-state index in [-0.39, 0.29) is 30.3 Å². The van der Waals surface area contributed by atoms with E-state index >= 15 is 0 Å². The molecule has 4 heteroatoms. The Hall–Kier alpha value is -1.71. The van der Waals surface area contributed by atoms with E-state index in [1.807, 2.05) is 0 Å². The highest BCUT2D eigenvalue weighted by atomic mass is 19.1. The van der Waals surface area contributed by atoms with Gasteiger partial charge in [-0.2, -0.15) is 0 Å². The molecule has 0 spiro atoms. The Morgan fingerprint density at radius 3 is 1.92 bits per heavy atom. The van der Waals surface area contributed by atoms with E-state index in [9.17, 15) is 14.0 Å². The third-order valence-corrected chi connectivity index (χ3v) is 4.60. The fourth-order valence-corrected chi connectivity index (χ4v) is 2.94. The van der Waals surface area contributed by atoms with Crippen LogP contribution in [0.25, 0.3) is 0 Å². The van der Waals surface area contributed by atoms with Gasteiger partial charge in [0.1, 0.15) is 5.82 Å². The summed E-state index contributed by atoms with van der Waals surface area (Å²) in [7, 11) is 0. The summed E-state index contributed by atoms with van der Waals surface area (Å²) in [6.07, 6.45) is 13.0. The van der Waals surface area contributed by atoms with Gasteiger partial charge >= 0.3 is 0 Å². The Kier molecular flexibility index (Phi) is 12.4. The normalized spacial score (nSPS) is 10.7. The van der Waals surface area contributed by atoms with E-state index in [1.165, 1.54) is 75.6 Å². The van der Waals surface area contributed by atoms with Crippen molar-refractivity contribution in [2.75, 3.05) is 6.54 Å². The van der Waals surface area contributed by atoms with E-state index in [1.54, 1.807) is 0 Å². The number of unbranched alkanes of at least 4 members (excludes halogenated alkanes) is 9. The van der Waals surface area contributed by atoms with Crippen LogP contribution in [0.4, 0.5) is 4.39 Å². The molecule has 0 atom stereocenters. The molecule has 1 aromatic rings. The molecule has 0 unspecified atom stereocenters. The van der Waals surface area contributed by atoms with Gasteiger partial charge in [0.25, 0.3) is 0 Å². The van der Waals surface area contributed by atoms with Crippen LogP contribution >= 0.6 is 0 Å². The first kappa shape index (κ1) is 22.3. The van der Waals surface area contributed by atoms with Gasteiger partial charge < -0.3 is 5.32 Å². The lowest BCUT2D eigenvalue weighted by molar-refractivity contribution is -0.121. The van der Waals surface area contributed by atoms with E-state index in [4.69, 9.17) is 0 Å². The number of amides is 1. The average molecular weight is 364 g/mol. The topological polar surface area (TPSA) is 46.2 Å². The Morgan fingerprint density at radius 2 is 1.35 bits per heavy atom. The number of halogens is 1. The minimum atomic E-state index is -0.365. The fraction of sp³-hybridized carbons (Fsp3) is 0.636. The second-order valence-electron chi connectivity index (χ2n) is 6.96. The summed E-state index contributed by atoms with van der Waals surface area (Å²) in [6.45, 7) is 2.92. The predicted octanol–water partition coefficient (Wildman–Crippen LogP) is 5.83. The fourth-order valence-electron chi connectivity index (χ4n) is 2.94. The van der Waals surface area contributed by atoms with Crippen molar-refractivity contribution in [2.45, 2.75) is 84.0 Å². The van der Waals surface area contributed by atoms with Gasteiger partial charge in [-0.15, -0.1) is 0 Å². The van der Waals surface area contributed by atoms with Crippen LogP contribution in [-0.4, -0.2) is 18.2 Å². The van der Waals surface area contributed by atoms with Crippen molar-refractivity contribution in [1.29, 1.82) is 0 Å². The van der Waals surface area contributed by atoms with Gasteiger partial charge in [-0.3, -0.25) is 9.59 Å². The van der Waals surface area contributed by atoms with Gasteiger partial charge in [0.05, 0.1) is 0 Å². The molecular weight excluding hydrogens is 329 g/mol. The summed E-state index contributed by atoms with van der Waals surface area (Å²) >= 11 is 0. The monoisotopic (exact) mass is 363 g/mol. The molecule has 26 heavy (non-hydrogen) atoms. The number of carbonyl (C=O) groups excluding carboxylic acids is 2. The minimum absolute atomic E-state index is 0.0867. The average Bonchev–Trinajstić information content (AvgIpc) is 2.64. The molecule has 0 aliphatic heterocycles. The second kappa shape index (κ2) is 14.5. The summed E-state index contributed by atoms with van der Waals surface area (Å²) in [6, 6.07) is 5.44. The molecule has 0 aliphatic rings. The van der Waals surface area contributed by atoms with Gasteiger partial charge in [-0.25, -0.2) is 4.39 Å². The molecule has 146 valence electrons. The zero-order valence-electron chi connectivity index (χ0n) is 16.2. The maximum absolute atomic E-state index is 12.8. The molecule has 3 nitrogen and oxygen atoms in total. The SMILES string of the molecule is CCCCCCCCCCCCNC(=O)CCC(=O)c1ccc(F)cc1. The Labute approximate surface area is 157 Å². The van der Waals surface area contributed by atoms with Crippen LogP contribution in [0.15, 0.2) is 24.3 Å². The number of Topliss-reactive ketones (excluding diaryl/α,β-unsaturated/α-hetero) is 1. The Morgan fingerprint density at radius 1 is 0.808 bits per heavy atom. The highest BCUT2D eigenvalue weighted by Gasteiger charge is 2.09. The molecule has 0 fully saturated rings. The maximum atomic E-state index is 12.8. The van der Waals surface area contributed by atoms with E-state index in [0.717, 1.165) is 12.8 Å². The number of rotatable bonds is 15. The van der Waals surface area contributed by atoms with Crippen molar-refractivity contribution >= 4 is 11.7 Å². The molecule has 0 radical (unpaired) electrons. The van der Waals surface area contributed by atoms with Crippen molar-refractivity contribution in [3.05, 3.63) is 35.6 Å². The van der Waals surface area contributed by atoms with Crippen molar-refractivity contribution in [2.24, 2.45) is 0 Å². The van der Waals surface area contributed by atoms with Gasteiger partial charge in [0.15, 0.2) is 5.78 Å². The molecule has 0 saturated heterocycles. The first-order chi connectivity index (χ1) is 12.6. The third-order valence-electron chi connectivity index (χ3n) is 4.60. The number of hydrogen-bond donors (Lipinski definition) is 1. The molecule has 1 aromatic carbocycles. The second-order valence-corrected chi connectivity index (χ2v) is 6.96. The molecule has 0 heterocycles. The minimum Gasteiger partial charge on any atom is -0.356 e. The lowest BCUT2D eigenvalue weighted by atomic mass is 10.1. The number of benzene rings is 1. The van der Waals surface area contributed by atoms with Crippen molar-refractivity contribution < 1.29 is 14.0 Å². The molecular formula is C22H34FNO2. The standard InChI is InChI=1S/C22H34FNO2/c1-2-3-4-5-6-7-8-9-10-11-18-24-22(26)17-16-21(25)19-12-14-20(23)15-13-19/h12-15H,2-11,16-18H2,1H3,(H,24,26). The van der Waals surface area contributed by atoms with Gasteiger partial charge in [-0.1, -0.05) is 64.7 Å². The van der Waals surface area contributed by atoms with Crippen LogP contribution in [0.3, 0.4) is 0 Å². The molecule has 0 aromatic heterocycles. The summed E-state index contributed by atoms with van der Waals surface area (Å²) in [5.74, 6) is -0.578. The quantitative estimate of drug-likeness (QED) is 0.315. The lowest BCUT2D eigenvalue weighted by Gasteiger charge is -2.05. The summed E-state index contributed by atoms with van der Waals surface area (Å²) < 4.78 is 12.8. The van der Waals surface area contributed by atoms with E-state index < -0.39 is 0 Å². The number of ketones is 1. The van der Waals surface area contributed by atoms with Crippen LogP contribution in [0, 0.1) is 5.82 Å². The highest BCUT2D eigenvalue weighted by Crippen LogP contribution is 2.10. The molecule has 0 aliphatic carbocycles. The van der Waals surface area contributed by atoms with Crippen molar-refractivity contribution in [3.63, 3.8) is 0 Å². The number of carbonyl (C=O) groups is 2. The van der Waals surface area contributed by atoms with Crippen molar-refractivity contribution in [1.82, 2.24) is 5.32 Å². The van der Waals surface area contributed by atoms with Crippen LogP contribution in [0.5, 0.6) is 0 Å². The van der Waals surface area contributed by atoms with Gasteiger partial charge in [0, 0.05) is 24.9 Å². The first-order valence-corrected chi connectivity index (χ1v) is 10.2. The molecule has 0 bridgehead atoms. The lowest BCUT2D eigenvalue weighted by Crippen LogP contribution is -2.24. The Bertz CT molecular complexity index is 513. The smallest absolute Gasteiger partial charge is 0.220 e. The third kappa shape index (κ3) is 11.0. The summed E-state index contributed by atoms with van der Waals surface area (Å²) in [5.41, 5.74) is 0.453. The van der Waals surface area contributed by atoms with Crippen LogP contribution in [-0.2, 0) is 4.79 Å². The van der Waals surface area contributed by atoms with Crippen LogP contribution in [0.2, 0.25) is 0 Å². The van der Waals surface area contributed by atoms with Gasteiger partial charge in [-0.05, 0) is 30.7 Å². The zero-order chi connectivity index (χ0) is 19.0.